The molecule has 1 aromatic heterocycles. The number of benzene rings is 1. The van der Waals surface area contributed by atoms with Crippen molar-refractivity contribution in [1.29, 1.82) is 0 Å². The van der Waals surface area contributed by atoms with Crippen LogP contribution >= 0.6 is 0 Å². The first-order valence-electron chi connectivity index (χ1n) is 6.01. The normalized spacial score (nSPS) is 10.7. The van der Waals surface area contributed by atoms with Crippen LogP contribution in [0, 0.1) is 0 Å². The van der Waals surface area contributed by atoms with Gasteiger partial charge in [-0.3, -0.25) is 0 Å². The number of nitrogens with zero attached hydrogens (tertiary/aromatic N) is 2. The van der Waals surface area contributed by atoms with Gasteiger partial charge < -0.3 is 20.5 Å². The lowest BCUT2D eigenvalue weighted by Crippen LogP contribution is -2.04. The van der Waals surface area contributed by atoms with Gasteiger partial charge in [-0.1, -0.05) is 0 Å². The number of ether oxygens (including phenoxy) is 2. The summed E-state index contributed by atoms with van der Waals surface area (Å²) in [5.74, 6) is 1.31. The maximum absolute atomic E-state index is 12.0. The number of nitrogens with one attached hydrogen (secondary N) is 1. The summed E-state index contributed by atoms with van der Waals surface area (Å²) in [6.45, 7) is -2.61. The van der Waals surface area contributed by atoms with Crippen molar-refractivity contribution in [2.45, 2.75) is 13.2 Å². The largest absolute Gasteiger partial charge is 0.435 e. The van der Waals surface area contributed by atoms with Crippen LogP contribution in [0.25, 0.3) is 0 Å². The quantitative estimate of drug-likeness (QED) is 0.852. The molecule has 0 saturated carbocycles. The highest BCUT2D eigenvalue weighted by molar-refractivity contribution is 5.59. The van der Waals surface area contributed by atoms with Crippen LogP contribution in [0.15, 0.2) is 30.3 Å². The highest BCUT2D eigenvalue weighted by atomic mass is 19.3. The summed E-state index contributed by atoms with van der Waals surface area (Å²) < 4.78 is 33.3. The maximum Gasteiger partial charge on any atom is 0.387 e. The maximum atomic E-state index is 12.0. The second kappa shape index (κ2) is 6.80. The minimum absolute atomic E-state index is 0.0813. The molecule has 0 fully saturated rings. The zero-order valence-electron chi connectivity index (χ0n) is 11.2. The number of alkyl halides is 2. The fourth-order valence-electron chi connectivity index (χ4n) is 1.64. The van der Waals surface area contributed by atoms with Crippen molar-refractivity contribution >= 4 is 17.3 Å². The number of hydrogen-bond donors (Lipinski definition) is 2. The van der Waals surface area contributed by atoms with Crippen LogP contribution in [-0.4, -0.2) is 23.7 Å². The lowest BCUT2D eigenvalue weighted by Gasteiger charge is -2.09. The lowest BCUT2D eigenvalue weighted by atomic mass is 10.3. The molecule has 0 aliphatic rings. The fraction of sp³-hybridized carbons (Fsp3) is 0.231. The van der Waals surface area contributed by atoms with Gasteiger partial charge in [0.25, 0.3) is 0 Å². The number of hydrogen-bond acceptors (Lipinski definition) is 6. The van der Waals surface area contributed by atoms with E-state index in [1.165, 1.54) is 19.2 Å². The van der Waals surface area contributed by atoms with E-state index < -0.39 is 6.61 Å². The number of nitrogens with two attached hydrogens (primary N) is 1. The second-order valence-corrected chi connectivity index (χ2v) is 4.06. The fourth-order valence-corrected chi connectivity index (χ4v) is 1.64. The summed E-state index contributed by atoms with van der Waals surface area (Å²) in [4.78, 5) is 8.22. The zero-order valence-corrected chi connectivity index (χ0v) is 11.2. The zero-order chi connectivity index (χ0) is 15.2. The molecule has 112 valence electrons. The van der Waals surface area contributed by atoms with Crippen molar-refractivity contribution in [3.8, 4) is 5.75 Å². The average molecular weight is 296 g/mol. The number of aromatic nitrogens is 2. The van der Waals surface area contributed by atoms with Crippen molar-refractivity contribution < 1.29 is 18.3 Å². The standard InChI is InChI=1S/C13H14F2N4O2/c1-20-7-12-18-10(16)6-11(19-12)17-8-2-4-9(5-3-8)21-13(14)15/h2-6,13H,7H2,1H3,(H3,16,17,18,19). The molecule has 0 spiro atoms. The number of halogens is 2. The van der Waals surface area contributed by atoms with Crippen LogP contribution in [0.1, 0.15) is 5.82 Å². The Morgan fingerprint density at radius 2 is 1.95 bits per heavy atom. The minimum Gasteiger partial charge on any atom is -0.435 e. The Labute approximate surface area is 119 Å². The van der Waals surface area contributed by atoms with Crippen LogP contribution in [0.5, 0.6) is 5.75 Å². The van der Waals surface area contributed by atoms with Gasteiger partial charge in [0, 0.05) is 18.9 Å². The molecule has 2 rings (SSSR count). The van der Waals surface area contributed by atoms with E-state index >= 15 is 0 Å². The van der Waals surface area contributed by atoms with Crippen LogP contribution in [0.3, 0.4) is 0 Å². The van der Waals surface area contributed by atoms with E-state index in [-0.39, 0.29) is 12.4 Å². The van der Waals surface area contributed by atoms with E-state index in [4.69, 9.17) is 10.5 Å². The highest BCUT2D eigenvalue weighted by Crippen LogP contribution is 2.21. The third-order valence-electron chi connectivity index (χ3n) is 2.42. The summed E-state index contributed by atoms with van der Waals surface area (Å²) in [5.41, 5.74) is 6.32. The van der Waals surface area contributed by atoms with E-state index in [1.54, 1.807) is 18.2 Å². The summed E-state index contributed by atoms with van der Waals surface area (Å²) in [6.07, 6.45) is 0. The first-order chi connectivity index (χ1) is 10.1. The van der Waals surface area contributed by atoms with Gasteiger partial charge in [0.05, 0.1) is 0 Å². The summed E-state index contributed by atoms with van der Waals surface area (Å²) in [6, 6.07) is 7.59. The third-order valence-corrected chi connectivity index (χ3v) is 2.42. The SMILES string of the molecule is COCc1nc(N)cc(Nc2ccc(OC(F)F)cc2)n1. The average Bonchev–Trinajstić information content (AvgIpc) is 2.40. The number of anilines is 3. The molecular formula is C13H14F2N4O2. The Hall–Kier alpha value is -2.48. The van der Waals surface area contributed by atoms with E-state index in [0.29, 0.717) is 23.1 Å². The van der Waals surface area contributed by atoms with Crippen molar-refractivity contribution in [1.82, 2.24) is 9.97 Å². The molecular weight excluding hydrogens is 282 g/mol. The molecule has 1 aromatic carbocycles. The molecule has 21 heavy (non-hydrogen) atoms. The summed E-state index contributed by atoms with van der Waals surface area (Å²) in [5, 5.41) is 2.99. The highest BCUT2D eigenvalue weighted by Gasteiger charge is 2.05. The summed E-state index contributed by atoms with van der Waals surface area (Å²) in [7, 11) is 1.53. The van der Waals surface area contributed by atoms with E-state index in [1.807, 2.05) is 0 Å². The molecule has 0 radical (unpaired) electrons. The molecule has 0 unspecified atom stereocenters. The number of methoxy groups -OCH3 is 1. The van der Waals surface area contributed by atoms with Crippen LogP contribution in [0.4, 0.5) is 26.1 Å². The van der Waals surface area contributed by atoms with Gasteiger partial charge in [-0.15, -0.1) is 0 Å². The molecule has 8 heteroatoms. The van der Waals surface area contributed by atoms with Gasteiger partial charge in [0.2, 0.25) is 0 Å². The van der Waals surface area contributed by atoms with Crippen LogP contribution in [0.2, 0.25) is 0 Å². The molecule has 2 aromatic rings. The van der Waals surface area contributed by atoms with Crippen LogP contribution < -0.4 is 15.8 Å². The Morgan fingerprint density at radius 1 is 1.24 bits per heavy atom. The monoisotopic (exact) mass is 296 g/mol. The Bertz CT molecular complexity index is 593. The minimum atomic E-state index is -2.85. The van der Waals surface area contributed by atoms with Gasteiger partial charge in [-0.2, -0.15) is 8.78 Å². The van der Waals surface area contributed by atoms with E-state index in [2.05, 4.69) is 20.0 Å². The lowest BCUT2D eigenvalue weighted by molar-refractivity contribution is -0.0498. The molecule has 0 aliphatic heterocycles. The number of rotatable bonds is 6. The van der Waals surface area contributed by atoms with Crippen LogP contribution in [-0.2, 0) is 11.3 Å². The first kappa shape index (κ1) is 14.9. The Kier molecular flexibility index (Phi) is 4.83. The molecule has 0 saturated heterocycles. The van der Waals surface area contributed by atoms with Crippen molar-refractivity contribution in [2.24, 2.45) is 0 Å². The first-order valence-corrected chi connectivity index (χ1v) is 6.01. The molecule has 0 atom stereocenters. The smallest absolute Gasteiger partial charge is 0.387 e. The molecule has 0 amide bonds. The molecule has 6 nitrogen and oxygen atoms in total. The Morgan fingerprint density at radius 3 is 2.57 bits per heavy atom. The summed E-state index contributed by atoms with van der Waals surface area (Å²) >= 11 is 0. The van der Waals surface area contributed by atoms with E-state index in [9.17, 15) is 8.78 Å². The van der Waals surface area contributed by atoms with Gasteiger partial charge in [-0.05, 0) is 24.3 Å². The van der Waals surface area contributed by atoms with Crippen molar-refractivity contribution in [3.05, 3.63) is 36.2 Å². The van der Waals surface area contributed by atoms with Gasteiger partial charge in [0.1, 0.15) is 24.0 Å². The van der Waals surface area contributed by atoms with Gasteiger partial charge in [0.15, 0.2) is 5.82 Å². The third kappa shape index (κ3) is 4.53. The van der Waals surface area contributed by atoms with Gasteiger partial charge >= 0.3 is 6.61 Å². The molecule has 0 aliphatic carbocycles. The molecule has 1 heterocycles. The predicted molar refractivity (Wildman–Crippen MR) is 73.5 cm³/mol. The Balaban J connectivity index is 2.10. The predicted octanol–water partition coefficient (Wildman–Crippen LogP) is 2.55. The van der Waals surface area contributed by atoms with E-state index in [0.717, 1.165) is 0 Å². The molecule has 0 bridgehead atoms. The molecule has 3 N–H and O–H groups in total. The second-order valence-electron chi connectivity index (χ2n) is 4.06. The van der Waals surface area contributed by atoms with Crippen molar-refractivity contribution in [3.63, 3.8) is 0 Å². The van der Waals surface area contributed by atoms with Crippen molar-refractivity contribution in [2.75, 3.05) is 18.2 Å². The topological polar surface area (TPSA) is 82.3 Å². The number of nitrogen functional groups attached to an aromatic ring is 1. The van der Waals surface area contributed by atoms with Gasteiger partial charge in [-0.25, -0.2) is 9.97 Å².